The van der Waals surface area contributed by atoms with Crippen molar-refractivity contribution >= 4 is 62.3 Å². The van der Waals surface area contributed by atoms with E-state index in [1.54, 1.807) is 24.3 Å². The average molecular weight is 495 g/mol. The molecule has 8 heteroatoms. The highest BCUT2D eigenvalue weighted by Crippen LogP contribution is 2.41. The van der Waals surface area contributed by atoms with Crippen LogP contribution in [0.1, 0.15) is 27.2 Å². The Morgan fingerprint density at radius 1 is 1.21 bits per heavy atom. The van der Waals surface area contributed by atoms with E-state index in [0.717, 1.165) is 36.1 Å². The van der Waals surface area contributed by atoms with Crippen molar-refractivity contribution in [2.75, 3.05) is 6.54 Å². The number of benzene rings is 2. The first-order chi connectivity index (χ1) is 16.0. The third kappa shape index (κ3) is 4.71. The van der Waals surface area contributed by atoms with Crippen LogP contribution in [-0.4, -0.2) is 29.3 Å². The first-order valence-electron chi connectivity index (χ1n) is 10.4. The second-order valence-electron chi connectivity index (χ2n) is 7.71. The zero-order valence-corrected chi connectivity index (χ0v) is 20.0. The Hall–Kier alpha value is -3.00. The summed E-state index contributed by atoms with van der Waals surface area (Å²) in [6.07, 6.45) is 3.68. The van der Waals surface area contributed by atoms with Gasteiger partial charge >= 0.3 is 0 Å². The van der Waals surface area contributed by atoms with Gasteiger partial charge in [0.1, 0.15) is 16.9 Å². The largest absolute Gasteiger partial charge is 0.486 e. The lowest BCUT2D eigenvalue weighted by atomic mass is 10.1. The summed E-state index contributed by atoms with van der Waals surface area (Å²) < 4.78 is 7.08. The van der Waals surface area contributed by atoms with Gasteiger partial charge in [-0.2, -0.15) is 0 Å². The Morgan fingerprint density at radius 2 is 2.06 bits per heavy atom. The monoisotopic (exact) mass is 494 g/mol. The molecule has 2 aromatic heterocycles. The molecule has 5 nitrogen and oxygen atoms in total. The molecule has 0 aliphatic carbocycles. The lowest BCUT2D eigenvalue weighted by Gasteiger charge is -2.11. The molecular formula is C25H19ClN2O3S2. The average Bonchev–Trinajstić information content (AvgIpc) is 3.53. The summed E-state index contributed by atoms with van der Waals surface area (Å²) in [7, 11) is 0. The summed E-state index contributed by atoms with van der Waals surface area (Å²) in [5.41, 5.74) is 2.89. The van der Waals surface area contributed by atoms with Gasteiger partial charge < -0.3 is 10.1 Å². The predicted molar refractivity (Wildman–Crippen MR) is 135 cm³/mol. The van der Waals surface area contributed by atoms with Gasteiger partial charge in [-0.1, -0.05) is 23.7 Å². The van der Waals surface area contributed by atoms with Crippen molar-refractivity contribution in [1.29, 1.82) is 0 Å². The fraction of sp³-hybridized carbons (Fsp3) is 0.160. The fourth-order valence-corrected chi connectivity index (χ4v) is 5.75. The maximum absolute atomic E-state index is 12.3. The van der Waals surface area contributed by atoms with E-state index in [-0.39, 0.29) is 17.8 Å². The molecule has 0 fully saturated rings. The molecule has 1 aliphatic heterocycles. The molecule has 0 saturated carbocycles. The number of amides is 1. The number of ether oxygens (including phenoxy) is 1. The number of nitrogens with zero attached hydrogens (tertiary/aromatic N) is 1. The summed E-state index contributed by atoms with van der Waals surface area (Å²) in [4.78, 5) is 30.1. The highest BCUT2D eigenvalue weighted by molar-refractivity contribution is 7.19. The summed E-state index contributed by atoms with van der Waals surface area (Å²) in [5, 5.41) is 4.21. The van der Waals surface area contributed by atoms with E-state index in [4.69, 9.17) is 16.3 Å². The number of aromatic nitrogens is 1. The lowest BCUT2D eigenvalue weighted by Crippen LogP contribution is -2.33. The molecule has 2 aromatic carbocycles. The van der Waals surface area contributed by atoms with Crippen molar-refractivity contribution in [2.45, 2.75) is 19.4 Å². The molecule has 0 radical (unpaired) electrons. The molecule has 33 heavy (non-hydrogen) atoms. The Bertz CT molecular complexity index is 1370. The highest BCUT2D eigenvalue weighted by Gasteiger charge is 2.26. The van der Waals surface area contributed by atoms with Gasteiger partial charge in [-0.25, -0.2) is 4.98 Å². The number of thiophene rings is 1. The standard InChI is InChI=1S/C25H19ClN2O3S2/c1-14(29)20-6-7-21(32-20)15-10-16-11-17(31-25(16)18(26)12-15)13-27-23(30)8-9-24-28-19-4-2-3-5-22(19)33-24/h2-10,12,17H,11,13H2,1H3,(H,27,30). The quantitative estimate of drug-likeness (QED) is 0.263. The van der Waals surface area contributed by atoms with Gasteiger partial charge in [-0.3, -0.25) is 9.59 Å². The van der Waals surface area contributed by atoms with Crippen LogP contribution in [0.25, 0.3) is 26.7 Å². The van der Waals surface area contributed by atoms with Crippen molar-refractivity contribution < 1.29 is 14.3 Å². The Kier molecular flexibility index (Phi) is 6.01. The highest BCUT2D eigenvalue weighted by atomic mass is 35.5. The Morgan fingerprint density at radius 3 is 2.85 bits per heavy atom. The summed E-state index contributed by atoms with van der Waals surface area (Å²) in [5.74, 6) is 0.513. The summed E-state index contributed by atoms with van der Waals surface area (Å²) >= 11 is 9.47. The summed E-state index contributed by atoms with van der Waals surface area (Å²) in [6, 6.07) is 15.6. The molecule has 0 spiro atoms. The molecule has 1 N–H and O–H groups in total. The van der Waals surface area contributed by atoms with Gasteiger partial charge in [-0.15, -0.1) is 22.7 Å². The van der Waals surface area contributed by atoms with Gasteiger partial charge in [0.25, 0.3) is 0 Å². The molecule has 5 rings (SSSR count). The van der Waals surface area contributed by atoms with Crippen molar-refractivity contribution in [1.82, 2.24) is 10.3 Å². The summed E-state index contributed by atoms with van der Waals surface area (Å²) in [6.45, 7) is 1.93. The third-order valence-corrected chi connectivity index (χ3v) is 7.80. The number of hydrogen-bond donors (Lipinski definition) is 1. The number of ketones is 1. The van der Waals surface area contributed by atoms with Crippen molar-refractivity contribution in [3.05, 3.63) is 75.1 Å². The molecule has 1 atom stereocenters. The number of nitrogens with one attached hydrogen (secondary N) is 1. The van der Waals surface area contributed by atoms with Crippen molar-refractivity contribution in [3.8, 4) is 16.2 Å². The SMILES string of the molecule is CC(=O)c1ccc(-c2cc(Cl)c3c(c2)CC(CNC(=O)C=Cc2nc4ccccc4s2)O3)s1. The van der Waals surface area contributed by atoms with Crippen molar-refractivity contribution in [3.63, 3.8) is 0 Å². The number of rotatable bonds is 6. The molecule has 0 saturated heterocycles. The zero-order chi connectivity index (χ0) is 22.9. The van der Waals surface area contributed by atoms with Crippen LogP contribution >= 0.6 is 34.3 Å². The topological polar surface area (TPSA) is 68.3 Å². The van der Waals surface area contributed by atoms with Crippen LogP contribution in [0.5, 0.6) is 5.75 Å². The van der Waals surface area contributed by atoms with Crippen LogP contribution in [0.2, 0.25) is 5.02 Å². The Labute approximate surface area is 203 Å². The van der Waals surface area contributed by atoms with Crippen molar-refractivity contribution in [2.24, 2.45) is 0 Å². The minimum Gasteiger partial charge on any atom is -0.486 e. The minimum absolute atomic E-state index is 0.0508. The minimum atomic E-state index is -0.198. The Balaban J connectivity index is 1.21. The smallest absolute Gasteiger partial charge is 0.244 e. The van der Waals surface area contributed by atoms with Gasteiger partial charge in [-0.05, 0) is 55.0 Å². The number of carbonyl (C=O) groups is 2. The number of Topliss-reactive ketones (excluding diaryl/α,β-unsaturated/α-hetero) is 1. The van der Waals surface area contributed by atoms with E-state index in [1.165, 1.54) is 17.4 Å². The normalized spacial score (nSPS) is 15.0. The fourth-order valence-electron chi connectivity index (χ4n) is 3.71. The van der Waals surface area contributed by atoms with E-state index in [9.17, 15) is 9.59 Å². The van der Waals surface area contributed by atoms with Crippen LogP contribution in [-0.2, 0) is 11.2 Å². The second-order valence-corrected chi connectivity index (χ2v) is 10.3. The lowest BCUT2D eigenvalue weighted by molar-refractivity contribution is -0.116. The predicted octanol–water partition coefficient (Wildman–Crippen LogP) is 6.01. The van der Waals surface area contributed by atoms with Gasteiger partial charge in [0.05, 0.1) is 26.7 Å². The molecule has 3 heterocycles. The molecule has 0 bridgehead atoms. The van der Waals surface area contributed by atoms with E-state index in [2.05, 4.69) is 10.3 Å². The van der Waals surface area contributed by atoms with E-state index >= 15 is 0 Å². The van der Waals surface area contributed by atoms with Gasteiger partial charge in [0.2, 0.25) is 5.91 Å². The number of thiazole rings is 1. The number of carbonyl (C=O) groups excluding carboxylic acids is 2. The number of fused-ring (bicyclic) bond motifs is 2. The first kappa shape index (κ1) is 21.8. The molecule has 4 aromatic rings. The number of hydrogen-bond acceptors (Lipinski definition) is 6. The number of para-hydroxylation sites is 1. The van der Waals surface area contributed by atoms with Crippen LogP contribution < -0.4 is 10.1 Å². The van der Waals surface area contributed by atoms with E-state index < -0.39 is 0 Å². The zero-order valence-electron chi connectivity index (χ0n) is 17.6. The first-order valence-corrected chi connectivity index (χ1v) is 12.4. The number of halogens is 1. The van der Waals surface area contributed by atoms with Gasteiger partial charge in [0, 0.05) is 22.9 Å². The molecule has 1 aliphatic rings. The van der Waals surface area contributed by atoms with Crippen LogP contribution in [0.15, 0.2) is 54.6 Å². The third-order valence-electron chi connectivity index (χ3n) is 5.28. The molecule has 1 amide bonds. The maximum Gasteiger partial charge on any atom is 0.244 e. The van der Waals surface area contributed by atoms with E-state index in [1.807, 2.05) is 48.5 Å². The molecular weight excluding hydrogens is 476 g/mol. The molecule has 1 unspecified atom stereocenters. The second kappa shape index (κ2) is 9.09. The molecule has 166 valence electrons. The van der Waals surface area contributed by atoms with Gasteiger partial charge in [0.15, 0.2) is 5.78 Å². The van der Waals surface area contributed by atoms with Crippen LogP contribution in [0.4, 0.5) is 0 Å². The maximum atomic E-state index is 12.3. The van der Waals surface area contributed by atoms with Crippen LogP contribution in [0, 0.1) is 0 Å². The van der Waals surface area contributed by atoms with Crippen LogP contribution in [0.3, 0.4) is 0 Å². The van der Waals surface area contributed by atoms with E-state index in [0.29, 0.717) is 23.7 Å².